The van der Waals surface area contributed by atoms with Crippen LogP contribution >= 0.6 is 0 Å². The lowest BCUT2D eigenvalue weighted by atomic mass is 9.72. The standard InChI is InChI=1S/C16H27NO/c1-15(2,3)11-16(4,5)13-8-6-12(7-9-13)14(18)10-17/h6-9,14,18H,10-11,17H2,1-5H3. The molecule has 0 saturated heterocycles. The molecule has 0 radical (unpaired) electrons. The molecule has 3 N–H and O–H groups in total. The molecule has 0 aliphatic rings. The molecule has 0 saturated carbocycles. The third-order valence-electron chi connectivity index (χ3n) is 3.27. The van der Waals surface area contributed by atoms with Crippen molar-refractivity contribution in [2.75, 3.05) is 6.54 Å². The van der Waals surface area contributed by atoms with E-state index in [1.165, 1.54) is 5.56 Å². The molecule has 0 aromatic heterocycles. The van der Waals surface area contributed by atoms with E-state index in [0.717, 1.165) is 12.0 Å². The van der Waals surface area contributed by atoms with Gasteiger partial charge in [-0.05, 0) is 28.4 Å². The Morgan fingerprint density at radius 2 is 1.56 bits per heavy atom. The zero-order valence-corrected chi connectivity index (χ0v) is 12.3. The third kappa shape index (κ3) is 4.11. The fourth-order valence-corrected chi connectivity index (χ4v) is 2.72. The van der Waals surface area contributed by atoms with Gasteiger partial charge in [0.1, 0.15) is 0 Å². The molecule has 0 bridgehead atoms. The van der Waals surface area contributed by atoms with E-state index >= 15 is 0 Å². The Balaban J connectivity index is 2.90. The van der Waals surface area contributed by atoms with Gasteiger partial charge in [-0.25, -0.2) is 0 Å². The van der Waals surface area contributed by atoms with Gasteiger partial charge in [0.25, 0.3) is 0 Å². The smallest absolute Gasteiger partial charge is 0.0912 e. The molecule has 1 unspecified atom stereocenters. The SMILES string of the molecule is CC(C)(C)CC(C)(C)c1ccc(C(O)CN)cc1. The molecular weight excluding hydrogens is 222 g/mol. The summed E-state index contributed by atoms with van der Waals surface area (Å²) in [6.07, 6.45) is 0.573. The van der Waals surface area contributed by atoms with Crippen LogP contribution in [0.5, 0.6) is 0 Å². The zero-order chi connectivity index (χ0) is 14.0. The first kappa shape index (κ1) is 15.2. The number of nitrogens with two attached hydrogens (primary N) is 1. The van der Waals surface area contributed by atoms with E-state index in [9.17, 15) is 5.11 Å². The highest BCUT2D eigenvalue weighted by molar-refractivity contribution is 5.29. The highest BCUT2D eigenvalue weighted by Gasteiger charge is 2.27. The van der Waals surface area contributed by atoms with Gasteiger partial charge in [0.2, 0.25) is 0 Å². The van der Waals surface area contributed by atoms with Crippen molar-refractivity contribution >= 4 is 0 Å². The minimum atomic E-state index is -0.551. The van der Waals surface area contributed by atoms with Crippen molar-refractivity contribution in [1.82, 2.24) is 0 Å². The maximum absolute atomic E-state index is 9.68. The van der Waals surface area contributed by atoms with E-state index in [1.807, 2.05) is 12.1 Å². The molecule has 2 nitrogen and oxygen atoms in total. The molecule has 0 heterocycles. The van der Waals surface area contributed by atoms with E-state index in [-0.39, 0.29) is 12.0 Å². The van der Waals surface area contributed by atoms with Crippen molar-refractivity contribution in [3.63, 3.8) is 0 Å². The van der Waals surface area contributed by atoms with E-state index in [2.05, 4.69) is 46.8 Å². The normalized spacial score (nSPS) is 14.6. The molecule has 0 spiro atoms. The zero-order valence-electron chi connectivity index (χ0n) is 12.3. The third-order valence-corrected chi connectivity index (χ3v) is 3.27. The topological polar surface area (TPSA) is 46.2 Å². The Hall–Kier alpha value is -0.860. The molecule has 102 valence electrons. The van der Waals surface area contributed by atoms with Crippen LogP contribution in [0.2, 0.25) is 0 Å². The molecule has 1 aromatic rings. The average Bonchev–Trinajstić information content (AvgIpc) is 2.25. The quantitative estimate of drug-likeness (QED) is 0.859. The van der Waals surface area contributed by atoms with Crippen molar-refractivity contribution < 1.29 is 5.11 Å². The number of aliphatic hydroxyl groups excluding tert-OH is 1. The molecule has 1 rings (SSSR count). The first-order valence-electron chi connectivity index (χ1n) is 6.64. The summed E-state index contributed by atoms with van der Waals surface area (Å²) in [4.78, 5) is 0. The highest BCUT2D eigenvalue weighted by Crippen LogP contribution is 2.36. The van der Waals surface area contributed by atoms with Crippen LogP contribution in [0.3, 0.4) is 0 Å². The van der Waals surface area contributed by atoms with Gasteiger partial charge < -0.3 is 10.8 Å². The summed E-state index contributed by atoms with van der Waals surface area (Å²) in [5.41, 5.74) is 8.12. The van der Waals surface area contributed by atoms with Gasteiger partial charge in [-0.2, -0.15) is 0 Å². The summed E-state index contributed by atoms with van der Waals surface area (Å²) in [5, 5.41) is 9.68. The van der Waals surface area contributed by atoms with Gasteiger partial charge in [0.15, 0.2) is 0 Å². The summed E-state index contributed by atoms with van der Waals surface area (Å²) < 4.78 is 0. The number of hydrogen-bond donors (Lipinski definition) is 2. The van der Waals surface area contributed by atoms with Crippen LogP contribution < -0.4 is 5.73 Å². The molecule has 0 fully saturated rings. The Morgan fingerprint density at radius 3 is 1.94 bits per heavy atom. The van der Waals surface area contributed by atoms with Crippen molar-refractivity contribution in [3.05, 3.63) is 35.4 Å². The Labute approximate surface area is 111 Å². The lowest BCUT2D eigenvalue weighted by molar-refractivity contribution is 0.186. The van der Waals surface area contributed by atoms with E-state index in [1.54, 1.807) is 0 Å². The van der Waals surface area contributed by atoms with Crippen molar-refractivity contribution in [2.24, 2.45) is 11.1 Å². The largest absolute Gasteiger partial charge is 0.387 e. The first-order chi connectivity index (χ1) is 8.15. The van der Waals surface area contributed by atoms with Gasteiger partial charge in [-0.3, -0.25) is 0 Å². The van der Waals surface area contributed by atoms with Gasteiger partial charge in [0.05, 0.1) is 6.10 Å². The lowest BCUT2D eigenvalue weighted by Gasteiger charge is -2.33. The Bertz CT molecular complexity index is 373. The molecule has 1 atom stereocenters. The fourth-order valence-electron chi connectivity index (χ4n) is 2.72. The predicted molar refractivity (Wildman–Crippen MR) is 77.6 cm³/mol. The Morgan fingerprint density at radius 1 is 1.06 bits per heavy atom. The van der Waals surface area contributed by atoms with Gasteiger partial charge in [-0.1, -0.05) is 58.9 Å². The van der Waals surface area contributed by atoms with Crippen LogP contribution in [0.15, 0.2) is 24.3 Å². The minimum Gasteiger partial charge on any atom is -0.387 e. The summed E-state index contributed by atoms with van der Waals surface area (Å²) in [7, 11) is 0. The van der Waals surface area contributed by atoms with E-state index < -0.39 is 6.10 Å². The Kier molecular flexibility index (Phi) is 4.57. The number of rotatable bonds is 4. The molecular formula is C16H27NO. The minimum absolute atomic E-state index is 0.143. The van der Waals surface area contributed by atoms with Crippen LogP contribution in [-0.4, -0.2) is 11.7 Å². The van der Waals surface area contributed by atoms with Crippen LogP contribution in [0, 0.1) is 5.41 Å². The average molecular weight is 249 g/mol. The second-order valence-corrected chi connectivity index (χ2v) is 6.99. The second-order valence-electron chi connectivity index (χ2n) is 6.99. The maximum atomic E-state index is 9.68. The van der Waals surface area contributed by atoms with Crippen LogP contribution in [-0.2, 0) is 5.41 Å². The monoisotopic (exact) mass is 249 g/mol. The summed E-state index contributed by atoms with van der Waals surface area (Å²) in [5.74, 6) is 0. The maximum Gasteiger partial charge on any atom is 0.0912 e. The molecule has 0 amide bonds. The van der Waals surface area contributed by atoms with E-state index in [0.29, 0.717) is 5.41 Å². The highest BCUT2D eigenvalue weighted by atomic mass is 16.3. The fraction of sp³-hybridized carbons (Fsp3) is 0.625. The summed E-state index contributed by atoms with van der Waals surface area (Å²) in [6, 6.07) is 8.19. The van der Waals surface area contributed by atoms with Gasteiger partial charge in [0, 0.05) is 6.54 Å². The molecule has 2 heteroatoms. The second kappa shape index (κ2) is 5.41. The molecule has 0 aliphatic carbocycles. The summed E-state index contributed by atoms with van der Waals surface area (Å²) >= 11 is 0. The van der Waals surface area contributed by atoms with Gasteiger partial charge in [-0.15, -0.1) is 0 Å². The molecule has 18 heavy (non-hydrogen) atoms. The lowest BCUT2D eigenvalue weighted by Crippen LogP contribution is -2.24. The van der Waals surface area contributed by atoms with Crippen molar-refractivity contribution in [2.45, 2.75) is 52.6 Å². The summed E-state index contributed by atoms with van der Waals surface area (Å²) in [6.45, 7) is 11.6. The first-order valence-corrected chi connectivity index (χ1v) is 6.64. The van der Waals surface area contributed by atoms with Crippen LogP contribution in [0.1, 0.15) is 58.3 Å². The molecule has 1 aromatic carbocycles. The van der Waals surface area contributed by atoms with Gasteiger partial charge >= 0.3 is 0 Å². The van der Waals surface area contributed by atoms with Crippen LogP contribution in [0.25, 0.3) is 0 Å². The number of hydrogen-bond acceptors (Lipinski definition) is 2. The van der Waals surface area contributed by atoms with Crippen molar-refractivity contribution in [1.29, 1.82) is 0 Å². The predicted octanol–water partition coefficient (Wildman–Crippen LogP) is 3.39. The molecule has 0 aliphatic heterocycles. The van der Waals surface area contributed by atoms with Crippen LogP contribution in [0.4, 0.5) is 0 Å². The van der Waals surface area contributed by atoms with Crippen molar-refractivity contribution in [3.8, 4) is 0 Å². The van der Waals surface area contributed by atoms with E-state index in [4.69, 9.17) is 5.73 Å². The number of benzene rings is 1. The number of aliphatic hydroxyl groups is 1.